The molecule has 0 heterocycles. The standard InChI is InChI=1S/C8H8OS/c1-10-8-6-4-2-3-5-7(8)9/h2-6H,1H3. The SMILES string of the molecule is CSc1cccccc1=O. The summed E-state index contributed by atoms with van der Waals surface area (Å²) in [5, 5.41) is 0. The first kappa shape index (κ1) is 7.35. The van der Waals surface area contributed by atoms with Crippen molar-refractivity contribution in [1.82, 2.24) is 0 Å². The van der Waals surface area contributed by atoms with Gasteiger partial charge in [0.25, 0.3) is 0 Å². The summed E-state index contributed by atoms with van der Waals surface area (Å²) in [6.07, 6.45) is 1.90. The van der Waals surface area contributed by atoms with E-state index in [-0.39, 0.29) is 5.43 Å². The average Bonchev–Trinajstić information content (AvgIpc) is 2.13. The summed E-state index contributed by atoms with van der Waals surface area (Å²) in [5.41, 5.74) is 0.0949. The van der Waals surface area contributed by atoms with E-state index in [1.165, 1.54) is 11.8 Å². The highest BCUT2D eigenvalue weighted by atomic mass is 32.2. The molecule has 0 radical (unpaired) electrons. The van der Waals surface area contributed by atoms with Crippen molar-refractivity contribution in [2.75, 3.05) is 6.26 Å². The van der Waals surface area contributed by atoms with Gasteiger partial charge in [0, 0.05) is 0 Å². The van der Waals surface area contributed by atoms with E-state index in [9.17, 15) is 4.79 Å². The van der Waals surface area contributed by atoms with Crippen molar-refractivity contribution in [2.24, 2.45) is 0 Å². The van der Waals surface area contributed by atoms with Crippen molar-refractivity contribution in [2.45, 2.75) is 4.90 Å². The minimum atomic E-state index is 0.0949. The van der Waals surface area contributed by atoms with Crippen LogP contribution in [0.5, 0.6) is 0 Å². The van der Waals surface area contributed by atoms with Crippen molar-refractivity contribution in [1.29, 1.82) is 0 Å². The summed E-state index contributed by atoms with van der Waals surface area (Å²) in [4.78, 5) is 11.8. The highest BCUT2D eigenvalue weighted by molar-refractivity contribution is 7.98. The van der Waals surface area contributed by atoms with Gasteiger partial charge in [-0.05, 0) is 18.4 Å². The molecule has 0 saturated heterocycles. The molecule has 0 aliphatic heterocycles. The first-order valence-corrected chi connectivity index (χ1v) is 4.20. The fourth-order valence-electron chi connectivity index (χ4n) is 0.683. The van der Waals surface area contributed by atoms with E-state index in [1.807, 2.05) is 24.5 Å². The van der Waals surface area contributed by atoms with Gasteiger partial charge in [-0.2, -0.15) is 0 Å². The highest BCUT2D eigenvalue weighted by Gasteiger charge is 1.89. The van der Waals surface area contributed by atoms with Gasteiger partial charge in [0.15, 0.2) is 5.43 Å². The quantitative estimate of drug-likeness (QED) is 0.570. The minimum absolute atomic E-state index is 0.0949. The zero-order chi connectivity index (χ0) is 7.40. The third-order valence-corrected chi connectivity index (χ3v) is 1.96. The van der Waals surface area contributed by atoms with Crippen LogP contribution in [0.4, 0.5) is 0 Å². The van der Waals surface area contributed by atoms with Crippen molar-refractivity contribution >= 4 is 11.8 Å². The Labute approximate surface area is 64.1 Å². The van der Waals surface area contributed by atoms with Crippen LogP contribution < -0.4 is 5.43 Å². The molecular formula is C8H8OS. The summed E-state index contributed by atoms with van der Waals surface area (Å²) in [7, 11) is 0. The Kier molecular flexibility index (Phi) is 2.51. The lowest BCUT2D eigenvalue weighted by Crippen LogP contribution is -1.95. The van der Waals surface area contributed by atoms with Gasteiger partial charge in [0.2, 0.25) is 0 Å². The second-order valence-electron chi connectivity index (χ2n) is 1.84. The number of rotatable bonds is 1. The van der Waals surface area contributed by atoms with Gasteiger partial charge in [-0.3, -0.25) is 4.79 Å². The van der Waals surface area contributed by atoms with Gasteiger partial charge < -0.3 is 0 Å². The lowest BCUT2D eigenvalue weighted by atomic mass is 10.5. The fraction of sp³-hybridized carbons (Fsp3) is 0.125. The zero-order valence-corrected chi connectivity index (χ0v) is 6.52. The summed E-state index contributed by atoms with van der Waals surface area (Å²) >= 11 is 1.48. The largest absolute Gasteiger partial charge is 0.289 e. The second kappa shape index (κ2) is 3.42. The van der Waals surface area contributed by atoms with Crippen molar-refractivity contribution < 1.29 is 0 Å². The first-order valence-electron chi connectivity index (χ1n) is 2.98. The summed E-state index contributed by atoms with van der Waals surface area (Å²) < 4.78 is 0. The highest BCUT2D eigenvalue weighted by Crippen LogP contribution is 2.05. The normalized spacial score (nSPS) is 9.30. The molecule has 0 aromatic heterocycles. The Morgan fingerprint density at radius 1 is 1.20 bits per heavy atom. The molecule has 1 aromatic rings. The molecule has 0 spiro atoms. The third kappa shape index (κ3) is 1.61. The Hall–Kier alpha value is -0.760. The van der Waals surface area contributed by atoms with Crippen molar-refractivity contribution in [3.05, 3.63) is 40.6 Å². The maximum absolute atomic E-state index is 11.0. The maximum atomic E-state index is 11.0. The monoisotopic (exact) mass is 152 g/mol. The lowest BCUT2D eigenvalue weighted by Gasteiger charge is -1.83. The predicted octanol–water partition coefficient (Wildman–Crippen LogP) is 1.77. The van der Waals surface area contributed by atoms with Crippen LogP contribution >= 0.6 is 11.8 Å². The van der Waals surface area contributed by atoms with Gasteiger partial charge in [-0.1, -0.05) is 18.2 Å². The van der Waals surface area contributed by atoms with Crippen molar-refractivity contribution in [3.8, 4) is 0 Å². The van der Waals surface area contributed by atoms with Crippen LogP contribution in [-0.4, -0.2) is 6.26 Å². The molecule has 0 bridgehead atoms. The van der Waals surface area contributed by atoms with Crippen LogP contribution in [0.15, 0.2) is 40.0 Å². The first-order chi connectivity index (χ1) is 4.84. The van der Waals surface area contributed by atoms with E-state index < -0.39 is 0 Å². The van der Waals surface area contributed by atoms with Crippen LogP contribution in [0.2, 0.25) is 0 Å². The van der Waals surface area contributed by atoms with E-state index in [1.54, 1.807) is 12.1 Å². The third-order valence-electron chi connectivity index (χ3n) is 1.18. The molecule has 0 atom stereocenters. The van der Waals surface area contributed by atoms with Gasteiger partial charge in [-0.15, -0.1) is 11.8 Å². The molecule has 0 saturated carbocycles. The molecule has 1 aromatic carbocycles. The molecule has 2 heteroatoms. The summed E-state index contributed by atoms with van der Waals surface area (Å²) in [6.45, 7) is 0. The molecule has 0 unspecified atom stereocenters. The Bertz CT molecular complexity index is 270. The Morgan fingerprint density at radius 3 is 2.60 bits per heavy atom. The van der Waals surface area contributed by atoms with Crippen LogP contribution in [0.1, 0.15) is 0 Å². The van der Waals surface area contributed by atoms with Crippen LogP contribution in [0.25, 0.3) is 0 Å². The maximum Gasteiger partial charge on any atom is 0.192 e. The summed E-state index contributed by atoms with van der Waals surface area (Å²) in [5.74, 6) is 0. The Balaban J connectivity index is 3.28. The van der Waals surface area contributed by atoms with Crippen LogP contribution in [0, 0.1) is 0 Å². The average molecular weight is 152 g/mol. The predicted molar refractivity (Wildman–Crippen MR) is 44.5 cm³/mol. The Morgan fingerprint density at radius 2 is 1.90 bits per heavy atom. The number of hydrogen-bond acceptors (Lipinski definition) is 2. The van der Waals surface area contributed by atoms with Gasteiger partial charge in [-0.25, -0.2) is 0 Å². The molecule has 10 heavy (non-hydrogen) atoms. The lowest BCUT2D eigenvalue weighted by molar-refractivity contribution is 1.41. The number of hydrogen-bond donors (Lipinski definition) is 0. The van der Waals surface area contributed by atoms with E-state index >= 15 is 0 Å². The molecule has 0 N–H and O–H groups in total. The zero-order valence-electron chi connectivity index (χ0n) is 5.70. The smallest absolute Gasteiger partial charge is 0.192 e. The van der Waals surface area contributed by atoms with Gasteiger partial charge in [0.1, 0.15) is 0 Å². The fourth-order valence-corrected chi connectivity index (χ4v) is 1.17. The second-order valence-corrected chi connectivity index (χ2v) is 2.69. The minimum Gasteiger partial charge on any atom is -0.289 e. The molecule has 1 rings (SSSR count). The van der Waals surface area contributed by atoms with Crippen molar-refractivity contribution in [3.63, 3.8) is 0 Å². The number of thioether (sulfide) groups is 1. The molecular weight excluding hydrogens is 144 g/mol. The topological polar surface area (TPSA) is 17.1 Å². The molecule has 0 amide bonds. The molecule has 0 aliphatic rings. The molecule has 52 valence electrons. The van der Waals surface area contributed by atoms with E-state index in [4.69, 9.17) is 0 Å². The summed E-state index contributed by atoms with van der Waals surface area (Å²) in [6, 6.07) is 8.87. The van der Waals surface area contributed by atoms with E-state index in [2.05, 4.69) is 0 Å². The van der Waals surface area contributed by atoms with E-state index in [0.29, 0.717) is 0 Å². The molecule has 1 nitrogen and oxygen atoms in total. The van der Waals surface area contributed by atoms with Gasteiger partial charge >= 0.3 is 0 Å². The van der Waals surface area contributed by atoms with Crippen LogP contribution in [0.3, 0.4) is 0 Å². The molecule has 0 fully saturated rings. The van der Waals surface area contributed by atoms with Crippen LogP contribution in [-0.2, 0) is 0 Å². The molecule has 0 aliphatic carbocycles. The van der Waals surface area contributed by atoms with Gasteiger partial charge in [0.05, 0.1) is 4.90 Å². The van der Waals surface area contributed by atoms with E-state index in [0.717, 1.165) is 4.90 Å².